The predicted octanol–water partition coefficient (Wildman–Crippen LogP) is 4.22. The smallest absolute Gasteiger partial charge is 0.0146 e. The summed E-state index contributed by atoms with van der Waals surface area (Å²) in [4.78, 5) is 0. The first kappa shape index (κ1) is 14.4. The van der Waals surface area contributed by atoms with Gasteiger partial charge in [0.15, 0.2) is 0 Å². The minimum Gasteiger partial charge on any atom is -0.316 e. The van der Waals surface area contributed by atoms with Crippen LogP contribution in [-0.4, -0.2) is 23.6 Å². The molecule has 16 heavy (non-hydrogen) atoms. The molecule has 1 fully saturated rings. The highest BCUT2D eigenvalue weighted by Crippen LogP contribution is 2.30. The quantitative estimate of drug-likeness (QED) is 0.641. The Hall–Kier alpha value is 0.310. The second-order valence-electron chi connectivity index (χ2n) is 5.12. The molecular weight excluding hydrogens is 214 g/mol. The van der Waals surface area contributed by atoms with Crippen LogP contribution in [0.25, 0.3) is 0 Å². The molecule has 0 radical (unpaired) electrons. The molecule has 96 valence electrons. The van der Waals surface area contributed by atoms with Gasteiger partial charge in [0.25, 0.3) is 0 Å². The standard InChI is InChI=1S/C14H29NS/c1-3-4-8-11-15-12-13(2)16-14-9-6-5-7-10-14/h13-15H,3-12H2,1-2H3. The van der Waals surface area contributed by atoms with Crippen molar-refractivity contribution in [2.45, 2.75) is 75.7 Å². The SMILES string of the molecule is CCCCCNCC(C)SC1CCCCC1. The summed E-state index contributed by atoms with van der Waals surface area (Å²) in [5, 5.41) is 5.34. The number of rotatable bonds is 8. The number of nitrogens with one attached hydrogen (secondary N) is 1. The highest BCUT2D eigenvalue weighted by atomic mass is 32.2. The molecular formula is C14H29NS. The molecule has 0 aliphatic heterocycles. The van der Waals surface area contributed by atoms with E-state index in [1.807, 2.05) is 0 Å². The zero-order valence-electron chi connectivity index (χ0n) is 11.1. The normalized spacial score (nSPS) is 19.9. The highest BCUT2D eigenvalue weighted by Gasteiger charge is 2.16. The molecule has 2 heteroatoms. The van der Waals surface area contributed by atoms with Gasteiger partial charge in [0.1, 0.15) is 0 Å². The summed E-state index contributed by atoms with van der Waals surface area (Å²) < 4.78 is 0. The molecule has 1 rings (SSSR count). The van der Waals surface area contributed by atoms with Gasteiger partial charge >= 0.3 is 0 Å². The van der Waals surface area contributed by atoms with E-state index in [0.29, 0.717) is 0 Å². The van der Waals surface area contributed by atoms with Gasteiger partial charge < -0.3 is 5.32 Å². The van der Waals surface area contributed by atoms with Gasteiger partial charge in [0.2, 0.25) is 0 Å². The lowest BCUT2D eigenvalue weighted by Crippen LogP contribution is -2.25. The van der Waals surface area contributed by atoms with Crippen LogP contribution in [0.15, 0.2) is 0 Å². The zero-order chi connectivity index (χ0) is 11.6. The minimum absolute atomic E-state index is 0.796. The Balaban J connectivity index is 1.95. The van der Waals surface area contributed by atoms with Crippen molar-refractivity contribution in [1.82, 2.24) is 5.32 Å². The van der Waals surface area contributed by atoms with E-state index in [4.69, 9.17) is 0 Å². The lowest BCUT2D eigenvalue weighted by Gasteiger charge is -2.24. The molecule has 1 aliphatic rings. The number of hydrogen-bond acceptors (Lipinski definition) is 2. The van der Waals surface area contributed by atoms with Gasteiger partial charge in [0.05, 0.1) is 0 Å². The molecule has 0 aromatic rings. The van der Waals surface area contributed by atoms with E-state index in [-0.39, 0.29) is 0 Å². The first-order chi connectivity index (χ1) is 7.83. The summed E-state index contributed by atoms with van der Waals surface area (Å²) >= 11 is 2.22. The van der Waals surface area contributed by atoms with Crippen molar-refractivity contribution in [3.63, 3.8) is 0 Å². The van der Waals surface area contributed by atoms with Crippen LogP contribution in [0.3, 0.4) is 0 Å². The van der Waals surface area contributed by atoms with Crippen LogP contribution in [0, 0.1) is 0 Å². The van der Waals surface area contributed by atoms with Crippen LogP contribution >= 0.6 is 11.8 Å². The molecule has 0 bridgehead atoms. The molecule has 1 atom stereocenters. The summed E-state index contributed by atoms with van der Waals surface area (Å²) in [6, 6.07) is 0. The van der Waals surface area contributed by atoms with E-state index in [2.05, 4.69) is 30.9 Å². The number of hydrogen-bond donors (Lipinski definition) is 1. The fourth-order valence-corrected chi connectivity index (χ4v) is 3.86. The highest BCUT2D eigenvalue weighted by molar-refractivity contribution is 8.00. The van der Waals surface area contributed by atoms with E-state index in [0.717, 1.165) is 10.5 Å². The van der Waals surface area contributed by atoms with Crippen molar-refractivity contribution >= 4 is 11.8 Å². The predicted molar refractivity (Wildman–Crippen MR) is 76.3 cm³/mol. The molecule has 1 unspecified atom stereocenters. The Bertz CT molecular complexity index is 155. The van der Waals surface area contributed by atoms with Gasteiger partial charge in [-0.2, -0.15) is 11.8 Å². The Labute approximate surface area is 106 Å². The summed E-state index contributed by atoms with van der Waals surface area (Å²) in [6.45, 7) is 7.06. The third kappa shape index (κ3) is 6.80. The maximum absolute atomic E-state index is 3.59. The molecule has 0 amide bonds. The van der Waals surface area contributed by atoms with Crippen LogP contribution in [0.1, 0.15) is 65.2 Å². The third-order valence-corrected chi connectivity index (χ3v) is 4.85. The van der Waals surface area contributed by atoms with Crippen molar-refractivity contribution < 1.29 is 0 Å². The van der Waals surface area contributed by atoms with Crippen molar-refractivity contribution in [2.24, 2.45) is 0 Å². The van der Waals surface area contributed by atoms with Crippen molar-refractivity contribution in [3.05, 3.63) is 0 Å². The summed E-state index contributed by atoms with van der Waals surface area (Å²) in [6.07, 6.45) is 11.4. The summed E-state index contributed by atoms with van der Waals surface area (Å²) in [7, 11) is 0. The second kappa shape index (κ2) is 9.35. The van der Waals surface area contributed by atoms with Gasteiger partial charge in [-0.1, -0.05) is 46.0 Å². The van der Waals surface area contributed by atoms with E-state index in [9.17, 15) is 0 Å². The van der Waals surface area contributed by atoms with E-state index >= 15 is 0 Å². The monoisotopic (exact) mass is 243 g/mol. The van der Waals surface area contributed by atoms with Gasteiger partial charge in [-0.3, -0.25) is 0 Å². The molecule has 1 nitrogen and oxygen atoms in total. The minimum atomic E-state index is 0.796. The summed E-state index contributed by atoms with van der Waals surface area (Å²) in [5.41, 5.74) is 0. The van der Waals surface area contributed by atoms with Crippen molar-refractivity contribution in [3.8, 4) is 0 Å². The first-order valence-corrected chi connectivity index (χ1v) is 8.13. The average molecular weight is 243 g/mol. The topological polar surface area (TPSA) is 12.0 Å². The van der Waals surface area contributed by atoms with E-state index in [1.54, 1.807) is 0 Å². The molecule has 1 saturated carbocycles. The van der Waals surface area contributed by atoms with Gasteiger partial charge in [0, 0.05) is 17.0 Å². The molecule has 0 aromatic heterocycles. The molecule has 1 aliphatic carbocycles. The Morgan fingerprint density at radius 3 is 2.62 bits per heavy atom. The molecule has 0 aromatic carbocycles. The average Bonchev–Trinajstić information content (AvgIpc) is 2.30. The molecule has 0 spiro atoms. The molecule has 0 saturated heterocycles. The third-order valence-electron chi connectivity index (χ3n) is 3.37. The van der Waals surface area contributed by atoms with Crippen LogP contribution in [0.5, 0.6) is 0 Å². The van der Waals surface area contributed by atoms with E-state index in [1.165, 1.54) is 64.5 Å². The van der Waals surface area contributed by atoms with Crippen LogP contribution in [0.2, 0.25) is 0 Å². The lowest BCUT2D eigenvalue weighted by atomic mass is 10.0. The Kier molecular flexibility index (Phi) is 8.40. The van der Waals surface area contributed by atoms with E-state index < -0.39 is 0 Å². The maximum Gasteiger partial charge on any atom is 0.0146 e. The second-order valence-corrected chi connectivity index (χ2v) is 6.86. The zero-order valence-corrected chi connectivity index (χ0v) is 12.0. The first-order valence-electron chi connectivity index (χ1n) is 7.19. The molecule has 0 heterocycles. The molecule has 1 N–H and O–H groups in total. The lowest BCUT2D eigenvalue weighted by molar-refractivity contribution is 0.514. The fraction of sp³-hybridized carbons (Fsp3) is 1.00. The Morgan fingerprint density at radius 2 is 1.94 bits per heavy atom. The van der Waals surface area contributed by atoms with Crippen LogP contribution in [-0.2, 0) is 0 Å². The number of unbranched alkanes of at least 4 members (excludes halogenated alkanes) is 2. The maximum atomic E-state index is 3.59. The van der Waals surface area contributed by atoms with Crippen molar-refractivity contribution in [2.75, 3.05) is 13.1 Å². The largest absolute Gasteiger partial charge is 0.316 e. The van der Waals surface area contributed by atoms with Gasteiger partial charge in [-0.15, -0.1) is 0 Å². The van der Waals surface area contributed by atoms with Crippen molar-refractivity contribution in [1.29, 1.82) is 0 Å². The van der Waals surface area contributed by atoms with Gasteiger partial charge in [-0.05, 0) is 25.8 Å². The number of thioether (sulfide) groups is 1. The van der Waals surface area contributed by atoms with Crippen LogP contribution in [0.4, 0.5) is 0 Å². The Morgan fingerprint density at radius 1 is 1.19 bits per heavy atom. The van der Waals surface area contributed by atoms with Gasteiger partial charge in [-0.25, -0.2) is 0 Å². The fourth-order valence-electron chi connectivity index (χ4n) is 2.38. The van der Waals surface area contributed by atoms with Crippen LogP contribution < -0.4 is 5.32 Å². The summed E-state index contributed by atoms with van der Waals surface area (Å²) in [5.74, 6) is 0.